The lowest BCUT2D eigenvalue weighted by Crippen LogP contribution is -2.46. The molecule has 0 aromatic heterocycles. The summed E-state index contributed by atoms with van der Waals surface area (Å²) < 4.78 is 5.56. The average Bonchev–Trinajstić information content (AvgIpc) is 2.31. The quantitative estimate of drug-likeness (QED) is 0.805. The SMILES string of the molecule is Cl.O=C(CC1CCCCO1)N[C@H]1CCCNC1. The van der Waals surface area contributed by atoms with E-state index in [9.17, 15) is 4.79 Å². The van der Waals surface area contributed by atoms with Gasteiger partial charge >= 0.3 is 0 Å². The van der Waals surface area contributed by atoms with E-state index in [2.05, 4.69) is 10.6 Å². The van der Waals surface area contributed by atoms with Gasteiger partial charge in [0.2, 0.25) is 5.91 Å². The van der Waals surface area contributed by atoms with E-state index in [0.717, 1.165) is 45.4 Å². The first-order valence-electron chi connectivity index (χ1n) is 6.46. The number of hydrogen-bond donors (Lipinski definition) is 2. The van der Waals surface area contributed by atoms with Gasteiger partial charge in [0.15, 0.2) is 0 Å². The fraction of sp³-hybridized carbons (Fsp3) is 0.917. The Morgan fingerprint density at radius 3 is 2.82 bits per heavy atom. The van der Waals surface area contributed by atoms with Gasteiger partial charge in [-0.25, -0.2) is 0 Å². The summed E-state index contributed by atoms with van der Waals surface area (Å²) in [7, 11) is 0. The fourth-order valence-corrected chi connectivity index (χ4v) is 2.44. The molecular weight excluding hydrogens is 240 g/mol. The summed E-state index contributed by atoms with van der Waals surface area (Å²) in [6.45, 7) is 2.82. The van der Waals surface area contributed by atoms with Gasteiger partial charge in [0, 0.05) is 19.2 Å². The minimum absolute atomic E-state index is 0. The van der Waals surface area contributed by atoms with Crippen molar-refractivity contribution < 1.29 is 9.53 Å². The van der Waals surface area contributed by atoms with Gasteiger partial charge in [-0.2, -0.15) is 0 Å². The largest absolute Gasteiger partial charge is 0.378 e. The molecule has 0 aromatic rings. The normalized spacial score (nSPS) is 29.2. The molecule has 2 fully saturated rings. The Bertz CT molecular complexity index is 205. The molecule has 4 nitrogen and oxygen atoms in total. The summed E-state index contributed by atoms with van der Waals surface area (Å²) in [5, 5.41) is 6.38. The summed E-state index contributed by atoms with van der Waals surface area (Å²) in [6.07, 6.45) is 6.33. The number of rotatable bonds is 3. The van der Waals surface area contributed by atoms with Crippen molar-refractivity contribution in [2.75, 3.05) is 19.7 Å². The molecule has 100 valence electrons. The van der Waals surface area contributed by atoms with Crippen LogP contribution in [0.2, 0.25) is 0 Å². The molecule has 1 amide bonds. The van der Waals surface area contributed by atoms with Gasteiger partial charge in [-0.05, 0) is 38.6 Å². The van der Waals surface area contributed by atoms with Crippen LogP contribution in [0.5, 0.6) is 0 Å². The Labute approximate surface area is 109 Å². The van der Waals surface area contributed by atoms with Crippen LogP contribution in [0.1, 0.15) is 38.5 Å². The van der Waals surface area contributed by atoms with E-state index in [1.165, 1.54) is 6.42 Å². The van der Waals surface area contributed by atoms with E-state index in [4.69, 9.17) is 4.74 Å². The Kier molecular flexibility index (Phi) is 6.85. The van der Waals surface area contributed by atoms with Crippen LogP contribution < -0.4 is 10.6 Å². The summed E-state index contributed by atoms with van der Waals surface area (Å²) in [6, 6.07) is 0.324. The van der Waals surface area contributed by atoms with Gasteiger partial charge in [0.25, 0.3) is 0 Å². The molecule has 5 heteroatoms. The topological polar surface area (TPSA) is 50.4 Å². The lowest BCUT2D eigenvalue weighted by atomic mass is 10.0. The molecule has 1 unspecified atom stereocenters. The standard InChI is InChI=1S/C12H22N2O2.ClH/c15-12(8-11-5-1-2-7-16-11)14-10-4-3-6-13-9-10;/h10-11,13H,1-9H2,(H,14,15);1H/t10-,11?;/m0./s1. The van der Waals surface area contributed by atoms with Crippen LogP contribution in [0, 0.1) is 0 Å². The molecule has 0 aromatic carbocycles. The van der Waals surface area contributed by atoms with Crippen LogP contribution in [0.25, 0.3) is 0 Å². The van der Waals surface area contributed by atoms with Crippen molar-refractivity contribution in [3.63, 3.8) is 0 Å². The third-order valence-electron chi connectivity index (χ3n) is 3.35. The number of carbonyl (C=O) groups is 1. The van der Waals surface area contributed by atoms with Gasteiger partial charge in [-0.3, -0.25) is 4.79 Å². The molecule has 0 saturated carbocycles. The molecule has 2 aliphatic heterocycles. The molecule has 0 radical (unpaired) electrons. The average molecular weight is 263 g/mol. The van der Waals surface area contributed by atoms with Crippen LogP contribution in [-0.4, -0.2) is 37.7 Å². The first-order valence-corrected chi connectivity index (χ1v) is 6.46. The van der Waals surface area contributed by atoms with Gasteiger partial charge < -0.3 is 15.4 Å². The number of nitrogens with one attached hydrogen (secondary N) is 2. The van der Waals surface area contributed by atoms with Crippen molar-refractivity contribution in [1.82, 2.24) is 10.6 Å². The van der Waals surface area contributed by atoms with Crippen molar-refractivity contribution in [2.24, 2.45) is 0 Å². The Hall–Kier alpha value is -0.320. The Morgan fingerprint density at radius 1 is 1.29 bits per heavy atom. The molecule has 2 aliphatic rings. The predicted octanol–water partition coefficient (Wildman–Crippen LogP) is 1.24. The number of ether oxygens (including phenoxy) is 1. The van der Waals surface area contributed by atoms with E-state index >= 15 is 0 Å². The lowest BCUT2D eigenvalue weighted by molar-refractivity contribution is -0.125. The highest BCUT2D eigenvalue weighted by Gasteiger charge is 2.20. The Balaban J connectivity index is 0.00000144. The van der Waals surface area contributed by atoms with E-state index < -0.39 is 0 Å². The van der Waals surface area contributed by atoms with Crippen molar-refractivity contribution in [3.05, 3.63) is 0 Å². The van der Waals surface area contributed by atoms with E-state index in [0.29, 0.717) is 12.5 Å². The summed E-state index contributed by atoms with van der Waals surface area (Å²) in [5.41, 5.74) is 0. The van der Waals surface area contributed by atoms with Crippen LogP contribution in [-0.2, 0) is 9.53 Å². The number of piperidine rings is 1. The van der Waals surface area contributed by atoms with Crippen LogP contribution in [0.3, 0.4) is 0 Å². The van der Waals surface area contributed by atoms with Gasteiger partial charge in [0.1, 0.15) is 0 Å². The lowest BCUT2D eigenvalue weighted by Gasteiger charge is -2.26. The van der Waals surface area contributed by atoms with Crippen molar-refractivity contribution >= 4 is 18.3 Å². The number of halogens is 1. The third-order valence-corrected chi connectivity index (χ3v) is 3.35. The summed E-state index contributed by atoms with van der Waals surface area (Å²) >= 11 is 0. The van der Waals surface area contributed by atoms with Gasteiger partial charge in [-0.15, -0.1) is 12.4 Å². The zero-order chi connectivity index (χ0) is 11.2. The van der Waals surface area contributed by atoms with Crippen molar-refractivity contribution in [3.8, 4) is 0 Å². The molecule has 2 heterocycles. The number of hydrogen-bond acceptors (Lipinski definition) is 3. The second kappa shape index (κ2) is 7.90. The maximum Gasteiger partial charge on any atom is 0.222 e. The summed E-state index contributed by atoms with van der Waals surface area (Å²) in [5.74, 6) is 0.153. The molecule has 2 atom stereocenters. The first kappa shape index (κ1) is 14.7. The molecular formula is C12H23ClN2O2. The molecule has 0 aliphatic carbocycles. The van der Waals surface area contributed by atoms with Gasteiger partial charge in [0.05, 0.1) is 12.5 Å². The highest BCUT2D eigenvalue weighted by Crippen LogP contribution is 2.15. The molecule has 2 saturated heterocycles. The predicted molar refractivity (Wildman–Crippen MR) is 69.5 cm³/mol. The maximum atomic E-state index is 11.8. The zero-order valence-corrected chi connectivity index (χ0v) is 11.1. The van der Waals surface area contributed by atoms with E-state index in [-0.39, 0.29) is 24.4 Å². The smallest absolute Gasteiger partial charge is 0.222 e. The molecule has 2 rings (SSSR count). The zero-order valence-electron chi connectivity index (χ0n) is 10.2. The third kappa shape index (κ3) is 5.23. The van der Waals surface area contributed by atoms with Crippen LogP contribution in [0.4, 0.5) is 0 Å². The van der Waals surface area contributed by atoms with E-state index in [1.54, 1.807) is 0 Å². The first-order chi connectivity index (χ1) is 7.84. The number of carbonyl (C=O) groups excluding carboxylic acids is 1. The minimum Gasteiger partial charge on any atom is -0.378 e. The highest BCUT2D eigenvalue weighted by atomic mass is 35.5. The highest BCUT2D eigenvalue weighted by molar-refractivity contribution is 5.85. The fourth-order valence-electron chi connectivity index (χ4n) is 2.44. The molecule has 0 bridgehead atoms. The monoisotopic (exact) mass is 262 g/mol. The van der Waals surface area contributed by atoms with Crippen molar-refractivity contribution in [2.45, 2.75) is 50.7 Å². The van der Waals surface area contributed by atoms with Gasteiger partial charge in [-0.1, -0.05) is 0 Å². The van der Waals surface area contributed by atoms with Crippen LogP contribution >= 0.6 is 12.4 Å². The van der Waals surface area contributed by atoms with E-state index in [1.807, 2.05) is 0 Å². The molecule has 0 spiro atoms. The maximum absolute atomic E-state index is 11.8. The van der Waals surface area contributed by atoms with Crippen LogP contribution in [0.15, 0.2) is 0 Å². The second-order valence-electron chi connectivity index (χ2n) is 4.80. The minimum atomic E-state index is 0. The van der Waals surface area contributed by atoms with Crippen molar-refractivity contribution in [1.29, 1.82) is 0 Å². The Morgan fingerprint density at radius 2 is 2.18 bits per heavy atom. The second-order valence-corrected chi connectivity index (χ2v) is 4.80. The number of amides is 1. The molecule has 2 N–H and O–H groups in total. The summed E-state index contributed by atoms with van der Waals surface area (Å²) in [4.78, 5) is 11.8. The molecule has 17 heavy (non-hydrogen) atoms.